The summed E-state index contributed by atoms with van der Waals surface area (Å²) in [5.41, 5.74) is 0. The molecule has 170 valence electrons. The van der Waals surface area contributed by atoms with E-state index in [0.717, 1.165) is 43.5 Å². The number of nitrogens with zero attached hydrogens (tertiary/aromatic N) is 1. The van der Waals surface area contributed by atoms with E-state index in [1.807, 2.05) is 0 Å². The van der Waals surface area contributed by atoms with Gasteiger partial charge in [-0.1, -0.05) is 23.2 Å². The number of sulfone groups is 1. The van der Waals surface area contributed by atoms with Crippen molar-refractivity contribution in [1.82, 2.24) is 10.2 Å². The molecule has 31 heavy (non-hydrogen) atoms. The molecule has 0 aliphatic carbocycles. The van der Waals surface area contributed by atoms with Gasteiger partial charge in [0.25, 0.3) is 5.91 Å². The maximum absolute atomic E-state index is 12.2. The van der Waals surface area contributed by atoms with Gasteiger partial charge in [0.1, 0.15) is 16.1 Å². The van der Waals surface area contributed by atoms with E-state index in [4.69, 9.17) is 27.9 Å². The summed E-state index contributed by atoms with van der Waals surface area (Å²) in [6, 6.07) is 8.09. The molecular weight excluding hydrogens is 483 g/mol. The number of hydrogen-bond acceptors (Lipinski definition) is 7. The van der Waals surface area contributed by atoms with E-state index in [9.17, 15) is 18.3 Å². The molecule has 0 spiro atoms. The summed E-state index contributed by atoms with van der Waals surface area (Å²) in [4.78, 5) is 14.6. The summed E-state index contributed by atoms with van der Waals surface area (Å²) in [5, 5.41) is 13.9. The average molecular weight is 507 g/mol. The Labute approximate surface area is 195 Å². The van der Waals surface area contributed by atoms with Crippen LogP contribution in [0.1, 0.15) is 22.5 Å². The number of likely N-dealkylation sites (tertiary alicyclic amines) is 1. The lowest BCUT2D eigenvalue weighted by molar-refractivity contribution is 0.0594. The van der Waals surface area contributed by atoms with Crippen molar-refractivity contribution in [2.45, 2.75) is 29.3 Å². The highest BCUT2D eigenvalue weighted by Crippen LogP contribution is 2.28. The summed E-state index contributed by atoms with van der Waals surface area (Å²) in [7, 11) is -3.33. The minimum absolute atomic E-state index is 0.0632. The Kier molecular flexibility index (Phi) is 8.23. The fourth-order valence-corrected chi connectivity index (χ4v) is 5.39. The van der Waals surface area contributed by atoms with Crippen LogP contribution >= 0.6 is 34.5 Å². The van der Waals surface area contributed by atoms with Crippen LogP contribution in [0.3, 0.4) is 0 Å². The summed E-state index contributed by atoms with van der Waals surface area (Å²) in [6.45, 7) is 2.04. The van der Waals surface area contributed by atoms with Crippen LogP contribution in [0.25, 0.3) is 0 Å². The normalized spacial score (nSPS) is 16.8. The zero-order valence-corrected chi connectivity index (χ0v) is 20.0. The minimum atomic E-state index is -3.33. The molecule has 1 amide bonds. The molecule has 1 aromatic heterocycles. The lowest BCUT2D eigenvalue weighted by Gasteiger charge is -2.33. The van der Waals surface area contributed by atoms with Crippen molar-refractivity contribution in [3.8, 4) is 5.75 Å². The zero-order valence-electron chi connectivity index (χ0n) is 16.9. The number of carbonyl (C=O) groups excluding carboxylic acids is 1. The number of β-amino-alcohol motifs (C(OH)–C–C–N with tert-alkyl or cyclic N) is 1. The number of aliphatic hydroxyl groups is 1. The third-order valence-electron chi connectivity index (χ3n) is 4.87. The van der Waals surface area contributed by atoms with E-state index in [1.165, 1.54) is 12.1 Å². The maximum Gasteiger partial charge on any atom is 0.261 e. The number of carbonyl (C=O) groups is 1. The number of nitrogens with one attached hydrogen (secondary N) is 1. The highest BCUT2D eigenvalue weighted by molar-refractivity contribution is 7.92. The van der Waals surface area contributed by atoms with Gasteiger partial charge in [0.2, 0.25) is 0 Å². The van der Waals surface area contributed by atoms with Crippen LogP contribution in [0.4, 0.5) is 0 Å². The third kappa shape index (κ3) is 7.06. The van der Waals surface area contributed by atoms with E-state index in [0.29, 0.717) is 27.2 Å². The molecule has 2 heterocycles. The van der Waals surface area contributed by atoms with Gasteiger partial charge in [-0.2, -0.15) is 0 Å². The number of aliphatic hydroxyl groups excluding tert-OH is 1. The van der Waals surface area contributed by atoms with Crippen molar-refractivity contribution in [3.05, 3.63) is 45.3 Å². The fourth-order valence-electron chi connectivity index (χ4n) is 3.25. The number of halogens is 2. The first kappa shape index (κ1) is 24.3. The largest absolute Gasteiger partial charge is 0.490 e. The number of benzene rings is 1. The Balaban J connectivity index is 1.39. The molecule has 3 rings (SSSR count). The molecule has 1 aliphatic heterocycles. The van der Waals surface area contributed by atoms with Gasteiger partial charge >= 0.3 is 0 Å². The lowest BCUT2D eigenvalue weighted by atomic mass is 10.1. The van der Waals surface area contributed by atoms with Crippen LogP contribution in [0, 0.1) is 0 Å². The van der Waals surface area contributed by atoms with Crippen molar-refractivity contribution in [2.75, 3.05) is 32.4 Å². The predicted octanol–water partition coefficient (Wildman–Crippen LogP) is 3.09. The van der Waals surface area contributed by atoms with Crippen molar-refractivity contribution in [2.24, 2.45) is 0 Å². The van der Waals surface area contributed by atoms with Crippen LogP contribution < -0.4 is 10.1 Å². The van der Waals surface area contributed by atoms with Gasteiger partial charge in [-0.25, -0.2) is 8.42 Å². The highest BCUT2D eigenvalue weighted by Gasteiger charge is 2.23. The SMILES string of the molecule is CS(=O)(=O)c1ccc(C(=O)NCC(O)CN2CCC(Oc3ccc(Cl)c(Cl)c3)CC2)s1. The Morgan fingerprint density at radius 2 is 1.97 bits per heavy atom. The average Bonchev–Trinajstić information content (AvgIpc) is 3.21. The molecule has 1 atom stereocenters. The summed E-state index contributed by atoms with van der Waals surface area (Å²) in [6.07, 6.45) is 2.05. The molecule has 2 aromatic rings. The number of ether oxygens (including phenoxy) is 1. The monoisotopic (exact) mass is 506 g/mol. The van der Waals surface area contributed by atoms with E-state index >= 15 is 0 Å². The van der Waals surface area contributed by atoms with E-state index in [-0.39, 0.29) is 16.9 Å². The van der Waals surface area contributed by atoms with Crippen molar-refractivity contribution >= 4 is 50.3 Å². The summed E-state index contributed by atoms with van der Waals surface area (Å²) >= 11 is 12.9. The van der Waals surface area contributed by atoms with Gasteiger partial charge in [0.05, 0.1) is 21.0 Å². The van der Waals surface area contributed by atoms with Crippen molar-refractivity contribution < 1.29 is 23.1 Å². The third-order valence-corrected chi connectivity index (χ3v) is 8.51. The molecule has 7 nitrogen and oxygen atoms in total. The Hall–Kier alpha value is -1.36. The molecule has 1 fully saturated rings. The van der Waals surface area contributed by atoms with Gasteiger partial charge in [-0.05, 0) is 37.1 Å². The van der Waals surface area contributed by atoms with Crippen LogP contribution in [0.15, 0.2) is 34.5 Å². The van der Waals surface area contributed by atoms with Gasteiger partial charge in [0.15, 0.2) is 9.84 Å². The maximum atomic E-state index is 12.2. The van der Waals surface area contributed by atoms with Gasteiger partial charge in [-0.3, -0.25) is 4.79 Å². The molecular formula is C20H24Cl2N2O5S2. The Morgan fingerprint density at radius 1 is 1.26 bits per heavy atom. The second-order valence-electron chi connectivity index (χ2n) is 7.45. The molecule has 1 aromatic carbocycles. The number of rotatable bonds is 8. The number of hydrogen-bond donors (Lipinski definition) is 2. The highest BCUT2D eigenvalue weighted by atomic mass is 35.5. The predicted molar refractivity (Wildman–Crippen MR) is 122 cm³/mol. The first-order chi connectivity index (χ1) is 14.6. The molecule has 11 heteroatoms. The zero-order chi connectivity index (χ0) is 22.6. The smallest absolute Gasteiger partial charge is 0.261 e. The molecule has 0 radical (unpaired) electrons. The van der Waals surface area contributed by atoms with E-state index in [1.54, 1.807) is 18.2 Å². The standard InChI is InChI=1S/C20H24Cl2N2O5S2/c1-31(27,28)19-5-4-18(30-19)20(26)23-11-13(25)12-24-8-6-14(7-9-24)29-15-2-3-16(21)17(22)10-15/h2-5,10,13-14,25H,6-9,11-12H2,1H3,(H,23,26). The number of thiophene rings is 1. The second-order valence-corrected chi connectivity index (χ2v) is 11.6. The Bertz CT molecular complexity index is 1020. The van der Waals surface area contributed by atoms with Crippen LogP contribution in [-0.4, -0.2) is 69.0 Å². The number of piperidine rings is 1. The first-order valence-electron chi connectivity index (χ1n) is 9.72. The molecule has 2 N–H and O–H groups in total. The number of amides is 1. The molecule has 0 saturated carbocycles. The van der Waals surface area contributed by atoms with Crippen molar-refractivity contribution in [3.63, 3.8) is 0 Å². The fraction of sp³-hybridized carbons (Fsp3) is 0.450. The quantitative estimate of drug-likeness (QED) is 0.570. The van der Waals surface area contributed by atoms with E-state index in [2.05, 4.69) is 10.2 Å². The Morgan fingerprint density at radius 3 is 2.58 bits per heavy atom. The first-order valence-corrected chi connectivity index (χ1v) is 13.2. The van der Waals surface area contributed by atoms with Crippen LogP contribution in [0.5, 0.6) is 5.75 Å². The minimum Gasteiger partial charge on any atom is -0.490 e. The molecule has 1 aliphatic rings. The molecule has 1 saturated heterocycles. The van der Waals surface area contributed by atoms with Crippen molar-refractivity contribution in [1.29, 1.82) is 0 Å². The lowest BCUT2D eigenvalue weighted by Crippen LogP contribution is -2.44. The van der Waals surface area contributed by atoms with Gasteiger partial charge in [0, 0.05) is 38.5 Å². The second kappa shape index (κ2) is 10.5. The molecule has 1 unspecified atom stereocenters. The van der Waals surface area contributed by atoms with E-state index < -0.39 is 21.8 Å². The van der Waals surface area contributed by atoms with Gasteiger partial charge < -0.3 is 20.1 Å². The topological polar surface area (TPSA) is 95.9 Å². The summed E-state index contributed by atoms with van der Waals surface area (Å²) in [5.74, 6) is 0.288. The summed E-state index contributed by atoms with van der Waals surface area (Å²) < 4.78 is 29.2. The van der Waals surface area contributed by atoms with Crippen LogP contribution in [0.2, 0.25) is 10.0 Å². The van der Waals surface area contributed by atoms with Gasteiger partial charge in [-0.15, -0.1) is 11.3 Å². The van der Waals surface area contributed by atoms with Crippen LogP contribution in [-0.2, 0) is 9.84 Å². The molecule has 0 bridgehead atoms.